The van der Waals surface area contributed by atoms with Crippen molar-refractivity contribution < 1.29 is 27.4 Å². The minimum absolute atomic E-state index is 0.0364. The highest BCUT2D eigenvalue weighted by molar-refractivity contribution is 6.30. The molecule has 1 amide bonds. The first-order valence-corrected chi connectivity index (χ1v) is 13.7. The van der Waals surface area contributed by atoms with Crippen LogP contribution in [0.2, 0.25) is 5.02 Å². The van der Waals surface area contributed by atoms with E-state index in [1.54, 1.807) is 41.3 Å². The van der Waals surface area contributed by atoms with E-state index in [0.717, 1.165) is 17.7 Å². The Balaban J connectivity index is 1.55. The van der Waals surface area contributed by atoms with E-state index in [0.29, 0.717) is 53.2 Å². The quantitative estimate of drug-likeness (QED) is 0.292. The van der Waals surface area contributed by atoms with E-state index in [9.17, 15) is 18.0 Å². The van der Waals surface area contributed by atoms with Gasteiger partial charge >= 0.3 is 12.3 Å². The number of ether oxygens (including phenoxy) is 2. The molecule has 1 aliphatic heterocycles. The lowest BCUT2D eigenvalue weighted by molar-refractivity contribution is -0.137. The fourth-order valence-corrected chi connectivity index (χ4v) is 5.18. The summed E-state index contributed by atoms with van der Waals surface area (Å²) in [7, 11) is 0. The van der Waals surface area contributed by atoms with Crippen molar-refractivity contribution >= 4 is 17.7 Å². The number of benzene rings is 3. The largest absolute Gasteiger partial charge is 0.444 e. The van der Waals surface area contributed by atoms with Crippen LogP contribution in [-0.2, 0) is 27.7 Å². The van der Waals surface area contributed by atoms with E-state index in [2.05, 4.69) is 0 Å². The molecular weight excluding hydrogens is 553 g/mol. The van der Waals surface area contributed by atoms with Gasteiger partial charge in [0.15, 0.2) is 0 Å². The smallest absolute Gasteiger partial charge is 0.416 e. The third kappa shape index (κ3) is 7.81. The van der Waals surface area contributed by atoms with Gasteiger partial charge in [0, 0.05) is 23.5 Å². The van der Waals surface area contributed by atoms with Gasteiger partial charge in [0.2, 0.25) is 0 Å². The summed E-state index contributed by atoms with van der Waals surface area (Å²) < 4.78 is 53.0. The third-order valence-electron chi connectivity index (χ3n) is 7.12. The average Bonchev–Trinajstić information content (AvgIpc) is 2.92. The Hall–Kier alpha value is -3.54. The van der Waals surface area contributed by atoms with E-state index in [1.165, 1.54) is 0 Å². The van der Waals surface area contributed by atoms with Crippen molar-refractivity contribution in [3.63, 3.8) is 0 Å². The summed E-state index contributed by atoms with van der Waals surface area (Å²) in [6, 6.07) is 19.8. The minimum atomic E-state index is -4.53. The molecule has 1 heterocycles. The molecule has 0 radical (unpaired) electrons. The van der Waals surface area contributed by atoms with Gasteiger partial charge in [-0.15, -0.1) is 0 Å². The molecule has 0 N–H and O–H groups in total. The first-order chi connectivity index (χ1) is 19.3. The second-order valence-corrected chi connectivity index (χ2v) is 11.8. The van der Waals surface area contributed by atoms with Gasteiger partial charge in [-0.25, -0.2) is 4.79 Å². The van der Waals surface area contributed by atoms with Crippen molar-refractivity contribution in [2.45, 2.75) is 57.4 Å². The van der Waals surface area contributed by atoms with Crippen LogP contribution in [0.4, 0.5) is 18.0 Å². The molecule has 3 aromatic rings. The molecule has 41 heavy (non-hydrogen) atoms. The van der Waals surface area contributed by atoms with E-state index >= 15 is 0 Å². The standard InChI is InChI=1S/C32H32ClF3N2O3/c1-30(2,3)41-29(39)38-13-11-31(12-14-38,26-5-4-6-28(33)18-26)21-40-20-23-15-25(17-27(16-23)32(34,35)36)24-9-7-22(19-37)8-10-24/h4-10,15-18H,11-14,20-21H2,1-3H3. The predicted molar refractivity (Wildman–Crippen MR) is 151 cm³/mol. The lowest BCUT2D eigenvalue weighted by atomic mass is 9.73. The highest BCUT2D eigenvalue weighted by Crippen LogP contribution is 2.38. The normalized spacial score (nSPS) is 15.3. The number of hydrogen-bond donors (Lipinski definition) is 0. The van der Waals surface area contributed by atoms with Crippen LogP contribution in [0.3, 0.4) is 0 Å². The number of likely N-dealkylation sites (tertiary alicyclic amines) is 1. The Labute approximate surface area is 243 Å². The van der Waals surface area contributed by atoms with E-state index in [1.807, 2.05) is 45.0 Å². The molecule has 1 aliphatic rings. The lowest BCUT2D eigenvalue weighted by Gasteiger charge is -2.42. The molecule has 4 rings (SSSR count). The first-order valence-electron chi connectivity index (χ1n) is 13.3. The van der Waals surface area contributed by atoms with E-state index in [-0.39, 0.29) is 19.3 Å². The van der Waals surface area contributed by atoms with E-state index < -0.39 is 22.8 Å². The van der Waals surface area contributed by atoms with Crippen molar-refractivity contribution in [1.29, 1.82) is 5.26 Å². The van der Waals surface area contributed by atoms with Crippen LogP contribution in [0.15, 0.2) is 66.7 Å². The van der Waals surface area contributed by atoms with Crippen LogP contribution in [0.25, 0.3) is 11.1 Å². The zero-order valence-corrected chi connectivity index (χ0v) is 24.0. The number of piperidine rings is 1. The summed E-state index contributed by atoms with van der Waals surface area (Å²) in [6.07, 6.45) is -3.76. The zero-order chi connectivity index (χ0) is 29.8. The van der Waals surface area contributed by atoms with Crippen molar-refractivity contribution in [3.8, 4) is 17.2 Å². The number of halogens is 4. The molecule has 9 heteroatoms. The number of nitrogens with zero attached hydrogens (tertiary/aromatic N) is 2. The number of carbonyl (C=O) groups is 1. The molecular formula is C32H32ClF3N2O3. The minimum Gasteiger partial charge on any atom is -0.444 e. The average molecular weight is 585 g/mol. The van der Waals surface area contributed by atoms with Gasteiger partial charge in [0.25, 0.3) is 0 Å². The molecule has 0 aliphatic carbocycles. The molecule has 0 saturated carbocycles. The molecule has 0 spiro atoms. The molecule has 0 atom stereocenters. The number of nitriles is 1. The van der Waals surface area contributed by atoms with Gasteiger partial charge in [-0.3, -0.25) is 0 Å². The molecule has 216 valence electrons. The van der Waals surface area contributed by atoms with Crippen molar-refractivity contribution in [2.24, 2.45) is 0 Å². The molecule has 0 unspecified atom stereocenters. The highest BCUT2D eigenvalue weighted by Gasteiger charge is 2.39. The van der Waals surface area contributed by atoms with Crippen LogP contribution in [-0.4, -0.2) is 36.3 Å². The maximum absolute atomic E-state index is 13.8. The second-order valence-electron chi connectivity index (χ2n) is 11.4. The summed E-state index contributed by atoms with van der Waals surface area (Å²) in [4.78, 5) is 14.3. The van der Waals surface area contributed by atoms with Gasteiger partial charge in [0.05, 0.1) is 30.4 Å². The molecule has 1 fully saturated rings. The van der Waals surface area contributed by atoms with Gasteiger partial charge in [0.1, 0.15) is 5.60 Å². The van der Waals surface area contributed by atoms with Crippen molar-refractivity contribution in [3.05, 3.63) is 94.0 Å². The molecule has 3 aromatic carbocycles. The van der Waals surface area contributed by atoms with Gasteiger partial charge in [-0.05, 0) is 98.3 Å². The van der Waals surface area contributed by atoms with Crippen LogP contribution in [0.5, 0.6) is 0 Å². The van der Waals surface area contributed by atoms with E-state index in [4.69, 9.17) is 26.3 Å². The Morgan fingerprint density at radius 3 is 2.27 bits per heavy atom. The third-order valence-corrected chi connectivity index (χ3v) is 7.36. The fraction of sp³-hybridized carbons (Fsp3) is 0.375. The predicted octanol–water partition coefficient (Wildman–Crippen LogP) is 8.38. The summed E-state index contributed by atoms with van der Waals surface area (Å²) in [5.74, 6) is 0. The van der Waals surface area contributed by atoms with Crippen LogP contribution in [0.1, 0.15) is 55.9 Å². The summed E-state index contributed by atoms with van der Waals surface area (Å²) >= 11 is 6.31. The zero-order valence-electron chi connectivity index (χ0n) is 23.2. The van der Waals surface area contributed by atoms with Crippen LogP contribution in [0, 0.1) is 11.3 Å². The highest BCUT2D eigenvalue weighted by atomic mass is 35.5. The second kappa shape index (κ2) is 12.1. The number of alkyl halides is 3. The van der Waals surface area contributed by atoms with Gasteiger partial charge < -0.3 is 14.4 Å². The summed E-state index contributed by atoms with van der Waals surface area (Å²) in [5, 5.41) is 9.63. The van der Waals surface area contributed by atoms with Crippen molar-refractivity contribution in [2.75, 3.05) is 19.7 Å². The number of hydrogen-bond acceptors (Lipinski definition) is 4. The van der Waals surface area contributed by atoms with Crippen LogP contribution < -0.4 is 0 Å². The maximum Gasteiger partial charge on any atom is 0.416 e. The lowest BCUT2D eigenvalue weighted by Crippen LogP contribution is -2.48. The van der Waals surface area contributed by atoms with Gasteiger partial charge in [-0.2, -0.15) is 18.4 Å². The summed E-state index contributed by atoms with van der Waals surface area (Å²) in [6.45, 7) is 6.54. The molecule has 0 aromatic heterocycles. The maximum atomic E-state index is 13.8. The topological polar surface area (TPSA) is 62.6 Å². The Morgan fingerprint density at radius 2 is 1.68 bits per heavy atom. The fourth-order valence-electron chi connectivity index (χ4n) is 4.99. The van der Waals surface area contributed by atoms with Gasteiger partial charge in [-0.1, -0.05) is 35.9 Å². The molecule has 5 nitrogen and oxygen atoms in total. The first kappa shape index (κ1) is 30.4. The monoisotopic (exact) mass is 584 g/mol. The summed E-state index contributed by atoms with van der Waals surface area (Å²) in [5.41, 5.74) is 0.855. The Morgan fingerprint density at radius 1 is 1.00 bits per heavy atom. The SMILES string of the molecule is CC(C)(C)OC(=O)N1CCC(COCc2cc(-c3ccc(C#N)cc3)cc(C(F)(F)F)c2)(c2cccc(Cl)c2)CC1. The Kier molecular flexibility index (Phi) is 9.00. The Bertz CT molecular complexity index is 1420. The number of carbonyl (C=O) groups excluding carboxylic acids is 1. The molecule has 0 bridgehead atoms. The number of rotatable bonds is 6. The number of amides is 1. The van der Waals surface area contributed by atoms with Crippen molar-refractivity contribution in [1.82, 2.24) is 4.90 Å². The van der Waals surface area contributed by atoms with Crippen LogP contribution >= 0.6 is 11.6 Å². The molecule has 1 saturated heterocycles.